The molecule has 41 heavy (non-hydrogen) atoms. The number of aliphatic carboxylic acids is 2. The van der Waals surface area contributed by atoms with Crippen molar-refractivity contribution in [3.63, 3.8) is 0 Å². The Morgan fingerprint density at radius 3 is 1.85 bits per heavy atom. The van der Waals surface area contributed by atoms with E-state index in [1.165, 1.54) is 17.0 Å². The number of nitrogens with zero attached hydrogens (tertiary/aromatic N) is 1. The third-order valence-electron chi connectivity index (χ3n) is 5.38. The van der Waals surface area contributed by atoms with Crippen LogP contribution in [0.2, 0.25) is 0 Å². The molecule has 8 nitrogen and oxygen atoms in total. The van der Waals surface area contributed by atoms with E-state index < -0.39 is 48.1 Å². The topological polar surface area (TPSA) is 146 Å². The van der Waals surface area contributed by atoms with Gasteiger partial charge in [0.25, 0.3) is 0 Å². The number of rotatable bonds is 9. The number of hydrogen-bond donors (Lipinski definition) is 5. The molecule has 0 spiro atoms. The van der Waals surface area contributed by atoms with Crippen molar-refractivity contribution in [1.82, 2.24) is 10.3 Å². The van der Waals surface area contributed by atoms with E-state index in [0.29, 0.717) is 18.0 Å². The molecule has 6 N–H and O–H groups in total. The molecule has 0 aliphatic heterocycles. The number of nitrogens with one attached hydrogen (secondary N) is 1. The zero-order valence-corrected chi connectivity index (χ0v) is 22.5. The van der Waals surface area contributed by atoms with E-state index in [1.807, 2.05) is 6.20 Å². The molecule has 2 atom stereocenters. The maximum Gasteiger partial charge on any atom is 0.490 e. The van der Waals surface area contributed by atoms with E-state index in [1.54, 1.807) is 11.3 Å². The highest BCUT2D eigenvalue weighted by Gasteiger charge is 2.46. The number of halogens is 8. The minimum absolute atomic E-state index is 0.113. The molecule has 0 bridgehead atoms. The number of benzene rings is 1. The highest BCUT2D eigenvalue weighted by molar-refractivity contribution is 7.11. The van der Waals surface area contributed by atoms with Crippen molar-refractivity contribution in [1.29, 1.82) is 0 Å². The number of carboxylic acid groups (broad SMARTS) is 2. The van der Waals surface area contributed by atoms with Crippen molar-refractivity contribution in [2.75, 3.05) is 6.54 Å². The van der Waals surface area contributed by atoms with E-state index in [4.69, 9.17) is 25.5 Å². The van der Waals surface area contributed by atoms with Gasteiger partial charge in [0.1, 0.15) is 11.6 Å². The Balaban J connectivity index is 0.000000497. The van der Waals surface area contributed by atoms with Crippen LogP contribution < -0.4 is 11.1 Å². The second-order valence-corrected chi connectivity index (χ2v) is 10.6. The second-order valence-electron chi connectivity index (χ2n) is 9.50. The molecule has 3 rings (SSSR count). The van der Waals surface area contributed by atoms with Gasteiger partial charge in [0, 0.05) is 36.1 Å². The SMILES string of the molecule is CC(C)Cc1ncc(C2(NC[C@@H](O)[C@@H](N)Cc3cc(F)cc(F)c3)CC2)s1.O=C(O)C(F)(F)F.O=C(O)C(F)(F)F. The highest BCUT2D eigenvalue weighted by Crippen LogP contribution is 2.47. The Hall–Kier alpha value is -2.89. The standard InChI is InChI=1S/C20H27F2N3OS.2C2HF3O2/c1-12(2)5-19-24-11-18(27-19)20(3-4-20)25-10-17(26)16(23)8-13-6-14(21)9-15(22)7-13;2*3-2(4,5)1(6)7/h6-7,9,11-12,16-17,25-26H,3-5,8,10,23H2,1-2H3;2*(H,6,7)/t16-,17+;;/m0../s1. The largest absolute Gasteiger partial charge is 0.490 e. The first kappa shape index (κ1) is 36.1. The lowest BCUT2D eigenvalue weighted by molar-refractivity contribution is -0.193. The fourth-order valence-corrected chi connectivity index (χ4v) is 4.55. The molecule has 1 saturated carbocycles. The van der Waals surface area contributed by atoms with E-state index in [9.17, 15) is 40.2 Å². The average Bonchev–Trinajstić information content (AvgIpc) is 3.46. The van der Waals surface area contributed by atoms with Crippen molar-refractivity contribution in [3.05, 3.63) is 51.5 Å². The molecule has 0 radical (unpaired) electrons. The summed E-state index contributed by atoms with van der Waals surface area (Å²) in [5, 5.41) is 29.2. The molecule has 1 fully saturated rings. The number of aromatic nitrogens is 1. The number of hydrogen-bond acceptors (Lipinski definition) is 7. The Kier molecular flexibility index (Phi) is 13.1. The minimum atomic E-state index is -5.08. The molecule has 1 aliphatic rings. The molecule has 232 valence electrons. The summed E-state index contributed by atoms with van der Waals surface area (Å²) in [7, 11) is 0. The smallest absolute Gasteiger partial charge is 0.475 e. The quantitative estimate of drug-likeness (QED) is 0.259. The van der Waals surface area contributed by atoms with Gasteiger partial charge in [0.15, 0.2) is 0 Å². The monoisotopic (exact) mass is 623 g/mol. The van der Waals surface area contributed by atoms with Gasteiger partial charge in [-0.3, -0.25) is 0 Å². The van der Waals surface area contributed by atoms with Crippen LogP contribution in [0.5, 0.6) is 0 Å². The zero-order valence-electron chi connectivity index (χ0n) is 21.7. The van der Waals surface area contributed by atoms with Crippen LogP contribution in [0.1, 0.15) is 42.1 Å². The number of thiazole rings is 1. The van der Waals surface area contributed by atoms with Crippen molar-refractivity contribution in [2.45, 2.75) is 69.6 Å². The van der Waals surface area contributed by atoms with Gasteiger partial charge >= 0.3 is 24.3 Å². The summed E-state index contributed by atoms with van der Waals surface area (Å²) in [5.41, 5.74) is 6.38. The minimum Gasteiger partial charge on any atom is -0.475 e. The first-order valence-electron chi connectivity index (χ1n) is 11.9. The van der Waals surface area contributed by atoms with Gasteiger partial charge in [-0.15, -0.1) is 11.3 Å². The maximum atomic E-state index is 13.3. The fourth-order valence-electron chi connectivity index (χ4n) is 3.20. The first-order valence-corrected chi connectivity index (χ1v) is 12.7. The number of carbonyl (C=O) groups is 2. The van der Waals surface area contributed by atoms with E-state index in [-0.39, 0.29) is 12.0 Å². The van der Waals surface area contributed by atoms with Gasteiger partial charge in [-0.25, -0.2) is 23.4 Å². The van der Waals surface area contributed by atoms with Crippen molar-refractivity contribution in [3.8, 4) is 0 Å². The Morgan fingerprint density at radius 2 is 1.46 bits per heavy atom. The average molecular weight is 624 g/mol. The summed E-state index contributed by atoms with van der Waals surface area (Å²) >= 11 is 1.73. The molecular formula is C24H29F8N3O5S. The van der Waals surface area contributed by atoms with Crippen LogP contribution in [0.3, 0.4) is 0 Å². The molecule has 1 heterocycles. The molecular weight excluding hydrogens is 594 g/mol. The summed E-state index contributed by atoms with van der Waals surface area (Å²) in [4.78, 5) is 23.5. The predicted molar refractivity (Wildman–Crippen MR) is 131 cm³/mol. The lowest BCUT2D eigenvalue weighted by atomic mass is 10.0. The summed E-state index contributed by atoms with van der Waals surface area (Å²) in [5.74, 6) is -6.21. The molecule has 1 aromatic carbocycles. The zero-order chi connectivity index (χ0) is 31.8. The Bertz CT molecular complexity index is 1110. The summed E-state index contributed by atoms with van der Waals surface area (Å²) in [6.45, 7) is 4.68. The van der Waals surface area contributed by atoms with Gasteiger partial charge in [-0.1, -0.05) is 13.8 Å². The van der Waals surface area contributed by atoms with Crippen LogP contribution in [0, 0.1) is 17.6 Å². The third kappa shape index (κ3) is 13.1. The molecule has 0 saturated heterocycles. The normalized spacial score (nSPS) is 15.6. The summed E-state index contributed by atoms with van der Waals surface area (Å²) in [6.07, 6.45) is -5.84. The summed E-state index contributed by atoms with van der Waals surface area (Å²) in [6, 6.07) is 2.72. The highest BCUT2D eigenvalue weighted by atomic mass is 32.1. The number of aliphatic hydroxyl groups is 1. The molecule has 0 amide bonds. The molecule has 1 aromatic heterocycles. The number of alkyl halides is 6. The van der Waals surface area contributed by atoms with Gasteiger partial charge in [0.2, 0.25) is 0 Å². The summed E-state index contributed by atoms with van der Waals surface area (Å²) < 4.78 is 90.1. The molecule has 2 aromatic rings. The van der Waals surface area contributed by atoms with Crippen LogP contribution >= 0.6 is 11.3 Å². The Morgan fingerprint density at radius 1 is 1.00 bits per heavy atom. The van der Waals surface area contributed by atoms with Crippen LogP contribution in [-0.2, 0) is 28.0 Å². The van der Waals surface area contributed by atoms with Crippen LogP contribution in [0.4, 0.5) is 35.1 Å². The van der Waals surface area contributed by atoms with Gasteiger partial charge in [-0.05, 0) is 42.9 Å². The third-order valence-corrected chi connectivity index (χ3v) is 6.60. The van der Waals surface area contributed by atoms with Crippen LogP contribution in [0.25, 0.3) is 0 Å². The van der Waals surface area contributed by atoms with Crippen molar-refractivity contribution >= 4 is 23.3 Å². The lowest BCUT2D eigenvalue weighted by Crippen LogP contribution is -2.45. The second kappa shape index (κ2) is 14.8. The van der Waals surface area contributed by atoms with E-state index in [2.05, 4.69) is 24.1 Å². The fraction of sp³-hybridized carbons (Fsp3) is 0.542. The molecule has 0 unspecified atom stereocenters. The van der Waals surface area contributed by atoms with Gasteiger partial charge in [-0.2, -0.15) is 26.3 Å². The maximum absolute atomic E-state index is 13.3. The number of nitrogens with two attached hydrogens (primary N) is 1. The van der Waals surface area contributed by atoms with Crippen LogP contribution in [-0.4, -0.2) is 63.3 Å². The predicted octanol–water partition coefficient (Wildman–Crippen LogP) is 4.40. The number of carboxylic acids is 2. The van der Waals surface area contributed by atoms with E-state index in [0.717, 1.165) is 30.3 Å². The van der Waals surface area contributed by atoms with Crippen molar-refractivity contribution < 1.29 is 60.0 Å². The van der Waals surface area contributed by atoms with Crippen LogP contribution in [0.15, 0.2) is 24.4 Å². The number of aliphatic hydroxyl groups excluding tert-OH is 1. The van der Waals surface area contributed by atoms with Gasteiger partial charge < -0.3 is 26.4 Å². The Labute approximate surface area is 233 Å². The molecule has 1 aliphatic carbocycles. The first-order chi connectivity index (χ1) is 18.7. The van der Waals surface area contributed by atoms with Crippen molar-refractivity contribution in [2.24, 2.45) is 11.7 Å². The van der Waals surface area contributed by atoms with Gasteiger partial charge in [0.05, 0.1) is 16.7 Å². The molecule has 17 heteroatoms. The lowest BCUT2D eigenvalue weighted by Gasteiger charge is -2.23. The van der Waals surface area contributed by atoms with E-state index >= 15 is 0 Å².